The Bertz CT molecular complexity index is 487. The molecule has 1 aliphatic rings. The number of carbonyl (C=O) groups excluding carboxylic acids is 1. The number of amides is 1. The number of benzene rings is 1. The molecule has 122 valence electrons. The molecule has 2 rings (SSSR count). The maximum absolute atomic E-state index is 11.8. The number of hydrogen-bond acceptors (Lipinski definition) is 3. The quantitative estimate of drug-likeness (QED) is 0.874. The van der Waals surface area contributed by atoms with E-state index < -0.39 is 0 Å². The zero-order valence-corrected chi connectivity index (χ0v) is 14.3. The highest BCUT2D eigenvalue weighted by atomic mass is 35.5. The molecule has 1 amide bonds. The smallest absolute Gasteiger partial charge is 0.234 e. The Balaban J connectivity index is 1.82. The number of rotatable bonds is 6. The molecule has 1 fully saturated rings. The van der Waals surface area contributed by atoms with E-state index in [9.17, 15) is 4.79 Å². The third-order valence-electron chi connectivity index (χ3n) is 4.25. The Labute approximate surface area is 138 Å². The van der Waals surface area contributed by atoms with Crippen LogP contribution >= 0.6 is 11.6 Å². The van der Waals surface area contributed by atoms with E-state index >= 15 is 0 Å². The van der Waals surface area contributed by atoms with Gasteiger partial charge in [-0.25, -0.2) is 0 Å². The van der Waals surface area contributed by atoms with Crippen LogP contribution in [0.4, 0.5) is 0 Å². The van der Waals surface area contributed by atoms with E-state index in [1.54, 1.807) is 0 Å². The summed E-state index contributed by atoms with van der Waals surface area (Å²) in [6.45, 7) is 9.32. The summed E-state index contributed by atoms with van der Waals surface area (Å²) < 4.78 is 0. The average Bonchev–Trinajstić information content (AvgIpc) is 2.53. The first-order valence-electron chi connectivity index (χ1n) is 8.09. The Hall–Kier alpha value is -1.10. The minimum absolute atomic E-state index is 0.134. The van der Waals surface area contributed by atoms with Crippen LogP contribution in [0.5, 0.6) is 0 Å². The second-order valence-electron chi connectivity index (χ2n) is 5.86. The van der Waals surface area contributed by atoms with Crippen molar-refractivity contribution in [3.8, 4) is 0 Å². The largest absolute Gasteiger partial charge is 0.355 e. The average molecular weight is 324 g/mol. The van der Waals surface area contributed by atoms with Crippen LogP contribution < -0.4 is 5.32 Å². The highest BCUT2D eigenvalue weighted by molar-refractivity contribution is 6.31. The molecule has 0 spiro atoms. The van der Waals surface area contributed by atoms with Crippen LogP contribution in [0.25, 0.3) is 0 Å². The predicted octanol–water partition coefficient (Wildman–Crippen LogP) is 2.54. The van der Waals surface area contributed by atoms with Crippen LogP contribution in [0, 0.1) is 0 Å². The van der Waals surface area contributed by atoms with Crippen molar-refractivity contribution >= 4 is 17.5 Å². The van der Waals surface area contributed by atoms with Gasteiger partial charge in [0.15, 0.2) is 0 Å². The molecule has 1 heterocycles. The minimum Gasteiger partial charge on any atom is -0.355 e. The zero-order valence-electron chi connectivity index (χ0n) is 13.5. The maximum Gasteiger partial charge on any atom is 0.234 e. The summed E-state index contributed by atoms with van der Waals surface area (Å²) in [7, 11) is 0. The molecule has 0 aliphatic carbocycles. The van der Waals surface area contributed by atoms with Gasteiger partial charge in [-0.05, 0) is 25.0 Å². The normalized spacial score (nSPS) is 18.1. The summed E-state index contributed by atoms with van der Waals surface area (Å²) in [6.07, 6.45) is 0.981. The van der Waals surface area contributed by atoms with Crippen LogP contribution in [0.1, 0.15) is 31.9 Å². The third-order valence-corrected chi connectivity index (χ3v) is 4.59. The molecular formula is C17H26ClN3O. The van der Waals surface area contributed by atoms with Crippen LogP contribution in [0.2, 0.25) is 5.02 Å². The molecule has 22 heavy (non-hydrogen) atoms. The Morgan fingerprint density at radius 2 is 1.95 bits per heavy atom. The second-order valence-corrected chi connectivity index (χ2v) is 6.27. The fraction of sp³-hybridized carbons (Fsp3) is 0.588. The van der Waals surface area contributed by atoms with Crippen LogP contribution in [-0.2, 0) is 4.79 Å². The first-order chi connectivity index (χ1) is 10.6. The molecule has 1 N–H and O–H groups in total. The van der Waals surface area contributed by atoms with Crippen molar-refractivity contribution in [2.45, 2.75) is 26.3 Å². The van der Waals surface area contributed by atoms with Gasteiger partial charge in [-0.1, -0.05) is 36.7 Å². The highest BCUT2D eigenvalue weighted by Crippen LogP contribution is 2.27. The lowest BCUT2D eigenvalue weighted by Gasteiger charge is -2.38. The molecule has 0 radical (unpaired) electrons. The molecule has 4 nitrogen and oxygen atoms in total. The van der Waals surface area contributed by atoms with Gasteiger partial charge in [0.2, 0.25) is 5.91 Å². The number of carbonyl (C=O) groups is 1. The summed E-state index contributed by atoms with van der Waals surface area (Å²) >= 11 is 6.29. The Morgan fingerprint density at radius 3 is 2.59 bits per heavy atom. The lowest BCUT2D eigenvalue weighted by molar-refractivity contribution is -0.122. The van der Waals surface area contributed by atoms with E-state index in [1.165, 1.54) is 5.56 Å². The number of piperazine rings is 1. The topological polar surface area (TPSA) is 35.6 Å². The molecule has 1 aromatic carbocycles. The van der Waals surface area contributed by atoms with Crippen LogP contribution in [-0.4, -0.2) is 55.0 Å². The lowest BCUT2D eigenvalue weighted by atomic mass is 10.1. The van der Waals surface area contributed by atoms with Gasteiger partial charge in [-0.15, -0.1) is 0 Å². The van der Waals surface area contributed by atoms with Gasteiger partial charge in [-0.3, -0.25) is 14.6 Å². The van der Waals surface area contributed by atoms with E-state index in [4.69, 9.17) is 11.6 Å². The minimum atomic E-state index is 0.134. The lowest BCUT2D eigenvalue weighted by Crippen LogP contribution is -2.50. The van der Waals surface area contributed by atoms with Gasteiger partial charge < -0.3 is 5.32 Å². The van der Waals surface area contributed by atoms with Crippen molar-refractivity contribution in [3.05, 3.63) is 34.9 Å². The predicted molar refractivity (Wildman–Crippen MR) is 91.2 cm³/mol. The van der Waals surface area contributed by atoms with Crippen molar-refractivity contribution in [2.24, 2.45) is 0 Å². The van der Waals surface area contributed by atoms with Crippen molar-refractivity contribution < 1.29 is 4.79 Å². The molecule has 5 heteroatoms. The van der Waals surface area contributed by atoms with E-state index in [0.717, 1.165) is 44.2 Å². The maximum atomic E-state index is 11.8. The molecule has 0 aromatic heterocycles. The molecule has 1 atom stereocenters. The first-order valence-corrected chi connectivity index (χ1v) is 8.47. The first kappa shape index (κ1) is 17.3. The molecule has 0 saturated carbocycles. The molecule has 1 unspecified atom stereocenters. The van der Waals surface area contributed by atoms with Gasteiger partial charge in [0.1, 0.15) is 0 Å². The van der Waals surface area contributed by atoms with Crippen molar-refractivity contribution in [1.29, 1.82) is 0 Å². The molecule has 1 aliphatic heterocycles. The summed E-state index contributed by atoms with van der Waals surface area (Å²) in [5.41, 5.74) is 1.18. The van der Waals surface area contributed by atoms with E-state index in [2.05, 4.69) is 35.0 Å². The Kier molecular flexibility index (Phi) is 6.68. The fourth-order valence-corrected chi connectivity index (χ4v) is 3.14. The van der Waals surface area contributed by atoms with E-state index in [0.29, 0.717) is 12.6 Å². The monoisotopic (exact) mass is 323 g/mol. The number of nitrogens with zero attached hydrogens (tertiary/aromatic N) is 2. The highest BCUT2D eigenvalue weighted by Gasteiger charge is 2.24. The Morgan fingerprint density at radius 1 is 1.27 bits per heavy atom. The zero-order chi connectivity index (χ0) is 15.9. The molecule has 1 saturated heterocycles. The molecular weight excluding hydrogens is 298 g/mol. The standard InChI is InChI=1S/C17H26ClN3O/c1-3-8-19-17(22)13-20-9-11-21(12-10-20)14(2)15-6-4-5-7-16(15)18/h4-7,14H,3,8-13H2,1-2H3,(H,19,22). The molecule has 0 bridgehead atoms. The fourth-order valence-electron chi connectivity index (χ4n) is 2.84. The van der Waals surface area contributed by atoms with Crippen molar-refractivity contribution in [2.75, 3.05) is 39.3 Å². The van der Waals surface area contributed by atoms with Crippen molar-refractivity contribution in [3.63, 3.8) is 0 Å². The van der Waals surface area contributed by atoms with Gasteiger partial charge in [0, 0.05) is 43.8 Å². The van der Waals surface area contributed by atoms with Gasteiger partial charge in [-0.2, -0.15) is 0 Å². The van der Waals surface area contributed by atoms with Gasteiger partial charge in [0.25, 0.3) is 0 Å². The van der Waals surface area contributed by atoms with Crippen LogP contribution in [0.15, 0.2) is 24.3 Å². The van der Waals surface area contributed by atoms with E-state index in [1.807, 2.05) is 18.2 Å². The number of nitrogens with one attached hydrogen (secondary N) is 1. The van der Waals surface area contributed by atoms with Crippen molar-refractivity contribution in [1.82, 2.24) is 15.1 Å². The molecule has 1 aromatic rings. The van der Waals surface area contributed by atoms with E-state index in [-0.39, 0.29) is 5.91 Å². The van der Waals surface area contributed by atoms with Gasteiger partial charge >= 0.3 is 0 Å². The second kappa shape index (κ2) is 8.51. The third kappa shape index (κ3) is 4.70. The summed E-state index contributed by atoms with van der Waals surface area (Å²) in [5.74, 6) is 0.134. The number of halogens is 1. The SMILES string of the molecule is CCCNC(=O)CN1CCN(C(C)c2ccccc2Cl)CC1. The van der Waals surface area contributed by atoms with Gasteiger partial charge in [0.05, 0.1) is 6.54 Å². The summed E-state index contributed by atoms with van der Waals surface area (Å²) in [4.78, 5) is 16.4. The summed E-state index contributed by atoms with van der Waals surface area (Å²) in [6, 6.07) is 8.35. The number of hydrogen-bond donors (Lipinski definition) is 1. The van der Waals surface area contributed by atoms with Crippen LogP contribution in [0.3, 0.4) is 0 Å². The summed E-state index contributed by atoms with van der Waals surface area (Å²) in [5, 5.41) is 3.77.